The number of anilines is 1. The maximum absolute atomic E-state index is 6.00. The van der Waals surface area contributed by atoms with Crippen molar-refractivity contribution in [2.24, 2.45) is 0 Å². The van der Waals surface area contributed by atoms with Crippen molar-refractivity contribution in [3.63, 3.8) is 0 Å². The minimum Gasteiger partial charge on any atom is -0.495 e. The molecule has 0 spiro atoms. The summed E-state index contributed by atoms with van der Waals surface area (Å²) in [6.45, 7) is 0. The summed E-state index contributed by atoms with van der Waals surface area (Å²) in [5.74, 6) is 0.638. The standard InChI is InChI=1S/C10H10ClN3O/c1-15-9-3-2-6(4-7(9)11)10-8(12)5-13-14-10/h2-5H,12H2,1H3,(H,13,14). The molecule has 2 aromatic rings. The van der Waals surface area contributed by atoms with Gasteiger partial charge in [-0.3, -0.25) is 5.10 Å². The third-order valence-electron chi connectivity index (χ3n) is 2.11. The van der Waals surface area contributed by atoms with Gasteiger partial charge in [-0.15, -0.1) is 0 Å². The van der Waals surface area contributed by atoms with Gasteiger partial charge in [-0.2, -0.15) is 5.10 Å². The van der Waals surface area contributed by atoms with Gasteiger partial charge >= 0.3 is 0 Å². The lowest BCUT2D eigenvalue weighted by atomic mass is 10.1. The van der Waals surface area contributed by atoms with Gasteiger partial charge in [-0.05, 0) is 18.2 Å². The van der Waals surface area contributed by atoms with Crippen molar-refractivity contribution >= 4 is 17.3 Å². The molecule has 0 saturated carbocycles. The van der Waals surface area contributed by atoms with Gasteiger partial charge < -0.3 is 10.5 Å². The van der Waals surface area contributed by atoms with Crippen LogP contribution in [0.25, 0.3) is 11.3 Å². The molecule has 0 saturated heterocycles. The minimum absolute atomic E-state index is 0.545. The van der Waals surface area contributed by atoms with E-state index in [1.807, 2.05) is 6.07 Å². The van der Waals surface area contributed by atoms with Crippen LogP contribution >= 0.6 is 11.6 Å². The molecule has 3 N–H and O–H groups in total. The summed E-state index contributed by atoms with van der Waals surface area (Å²) in [6.07, 6.45) is 1.56. The van der Waals surface area contributed by atoms with Gasteiger partial charge in [0, 0.05) is 5.56 Å². The molecule has 2 rings (SSSR count). The van der Waals surface area contributed by atoms with E-state index in [1.54, 1.807) is 25.4 Å². The summed E-state index contributed by atoms with van der Waals surface area (Å²) in [7, 11) is 1.57. The Hall–Kier alpha value is -1.68. The number of hydrogen-bond donors (Lipinski definition) is 2. The van der Waals surface area contributed by atoms with E-state index in [9.17, 15) is 0 Å². The molecule has 0 radical (unpaired) electrons. The fourth-order valence-corrected chi connectivity index (χ4v) is 1.61. The van der Waals surface area contributed by atoms with Crippen LogP contribution < -0.4 is 10.5 Å². The molecule has 4 nitrogen and oxygen atoms in total. The number of rotatable bonds is 2. The van der Waals surface area contributed by atoms with Crippen LogP contribution in [0.4, 0.5) is 5.69 Å². The van der Waals surface area contributed by atoms with Crippen molar-refractivity contribution < 1.29 is 4.74 Å². The Kier molecular flexibility index (Phi) is 2.51. The van der Waals surface area contributed by atoms with E-state index in [0.29, 0.717) is 16.5 Å². The number of nitrogens with one attached hydrogen (secondary N) is 1. The number of H-pyrrole nitrogens is 1. The van der Waals surface area contributed by atoms with E-state index in [1.165, 1.54) is 0 Å². The Bertz CT molecular complexity index is 481. The fraction of sp³-hybridized carbons (Fsp3) is 0.100. The number of nitrogen functional groups attached to an aromatic ring is 1. The van der Waals surface area contributed by atoms with Crippen molar-refractivity contribution in [1.82, 2.24) is 10.2 Å². The lowest BCUT2D eigenvalue weighted by molar-refractivity contribution is 0.415. The molecular weight excluding hydrogens is 214 g/mol. The van der Waals surface area contributed by atoms with Gasteiger partial charge in [0.2, 0.25) is 0 Å². The first kappa shape index (κ1) is 9.86. The zero-order valence-electron chi connectivity index (χ0n) is 8.12. The molecule has 0 atom stereocenters. The molecule has 0 aliphatic rings. The van der Waals surface area contributed by atoms with E-state index < -0.39 is 0 Å². The molecule has 15 heavy (non-hydrogen) atoms. The quantitative estimate of drug-likeness (QED) is 0.821. The molecule has 0 aliphatic carbocycles. The van der Waals surface area contributed by atoms with E-state index in [-0.39, 0.29) is 0 Å². The zero-order valence-corrected chi connectivity index (χ0v) is 8.88. The topological polar surface area (TPSA) is 63.9 Å². The smallest absolute Gasteiger partial charge is 0.137 e. The maximum atomic E-state index is 6.00. The predicted molar refractivity (Wildman–Crippen MR) is 60.0 cm³/mol. The first-order valence-corrected chi connectivity index (χ1v) is 4.73. The highest BCUT2D eigenvalue weighted by atomic mass is 35.5. The second kappa shape index (κ2) is 3.82. The van der Waals surface area contributed by atoms with Crippen LogP contribution in [0.15, 0.2) is 24.4 Å². The van der Waals surface area contributed by atoms with Crippen molar-refractivity contribution in [3.8, 4) is 17.0 Å². The summed E-state index contributed by atoms with van der Waals surface area (Å²) >= 11 is 6.00. The van der Waals surface area contributed by atoms with Crippen molar-refractivity contribution in [2.75, 3.05) is 12.8 Å². The summed E-state index contributed by atoms with van der Waals surface area (Å²) in [5, 5.41) is 7.20. The molecular formula is C10H10ClN3O. The van der Waals surface area contributed by atoms with Crippen molar-refractivity contribution in [2.45, 2.75) is 0 Å². The monoisotopic (exact) mass is 223 g/mol. The van der Waals surface area contributed by atoms with Gasteiger partial charge in [0.15, 0.2) is 0 Å². The van der Waals surface area contributed by atoms with Gasteiger partial charge in [0.1, 0.15) is 5.75 Å². The molecule has 0 unspecified atom stereocenters. The largest absolute Gasteiger partial charge is 0.495 e. The highest BCUT2D eigenvalue weighted by molar-refractivity contribution is 6.32. The average molecular weight is 224 g/mol. The van der Waals surface area contributed by atoms with E-state index in [0.717, 1.165) is 11.3 Å². The third-order valence-corrected chi connectivity index (χ3v) is 2.40. The van der Waals surface area contributed by atoms with Crippen LogP contribution in [-0.4, -0.2) is 17.3 Å². The first-order chi connectivity index (χ1) is 7.22. The zero-order chi connectivity index (χ0) is 10.8. The number of nitrogens with two attached hydrogens (primary N) is 1. The lowest BCUT2D eigenvalue weighted by Crippen LogP contribution is -1.88. The Morgan fingerprint density at radius 3 is 2.80 bits per heavy atom. The number of benzene rings is 1. The van der Waals surface area contributed by atoms with Crippen LogP contribution in [-0.2, 0) is 0 Å². The number of nitrogens with zero attached hydrogens (tertiary/aromatic N) is 1. The molecule has 78 valence electrons. The van der Waals surface area contributed by atoms with Gasteiger partial charge in [0.05, 0.1) is 29.7 Å². The highest BCUT2D eigenvalue weighted by Gasteiger charge is 2.07. The van der Waals surface area contributed by atoms with Crippen LogP contribution in [0.5, 0.6) is 5.75 Å². The van der Waals surface area contributed by atoms with Crippen molar-refractivity contribution in [3.05, 3.63) is 29.4 Å². The van der Waals surface area contributed by atoms with E-state index >= 15 is 0 Å². The summed E-state index contributed by atoms with van der Waals surface area (Å²) in [5.41, 5.74) is 7.97. The van der Waals surface area contributed by atoms with Crippen LogP contribution in [0.2, 0.25) is 5.02 Å². The average Bonchev–Trinajstić information content (AvgIpc) is 2.64. The summed E-state index contributed by atoms with van der Waals surface area (Å²) < 4.78 is 5.06. The van der Waals surface area contributed by atoms with Gasteiger partial charge in [-0.25, -0.2) is 0 Å². The summed E-state index contributed by atoms with van der Waals surface area (Å²) in [4.78, 5) is 0. The Morgan fingerprint density at radius 1 is 1.47 bits per heavy atom. The minimum atomic E-state index is 0.545. The molecule has 1 heterocycles. The normalized spacial score (nSPS) is 10.3. The molecule has 0 aliphatic heterocycles. The van der Waals surface area contributed by atoms with Gasteiger partial charge in [-0.1, -0.05) is 11.6 Å². The fourth-order valence-electron chi connectivity index (χ4n) is 1.35. The SMILES string of the molecule is COc1ccc(-c2[nH]ncc2N)cc1Cl. The third kappa shape index (κ3) is 1.76. The van der Waals surface area contributed by atoms with E-state index in [2.05, 4.69) is 10.2 Å². The van der Waals surface area contributed by atoms with Crippen LogP contribution in [0.3, 0.4) is 0 Å². The van der Waals surface area contributed by atoms with Crippen LogP contribution in [0.1, 0.15) is 0 Å². The van der Waals surface area contributed by atoms with Crippen LogP contribution in [0, 0.1) is 0 Å². The molecule has 0 bridgehead atoms. The van der Waals surface area contributed by atoms with Gasteiger partial charge in [0.25, 0.3) is 0 Å². The number of hydrogen-bond acceptors (Lipinski definition) is 3. The van der Waals surface area contributed by atoms with Crippen molar-refractivity contribution in [1.29, 1.82) is 0 Å². The Morgan fingerprint density at radius 2 is 2.27 bits per heavy atom. The number of methoxy groups -OCH3 is 1. The second-order valence-electron chi connectivity index (χ2n) is 3.05. The van der Waals surface area contributed by atoms with E-state index in [4.69, 9.17) is 22.1 Å². The Labute approximate surface area is 92.0 Å². The molecule has 1 aromatic heterocycles. The number of ether oxygens (including phenoxy) is 1. The second-order valence-corrected chi connectivity index (χ2v) is 3.46. The molecule has 5 heteroatoms. The molecule has 0 fully saturated rings. The number of halogens is 1. The summed E-state index contributed by atoms with van der Waals surface area (Å²) in [6, 6.07) is 5.44. The predicted octanol–water partition coefficient (Wildman–Crippen LogP) is 2.32. The number of aromatic amines is 1. The molecule has 0 amide bonds. The molecule has 1 aromatic carbocycles. The lowest BCUT2D eigenvalue weighted by Gasteiger charge is -2.05. The maximum Gasteiger partial charge on any atom is 0.137 e. The first-order valence-electron chi connectivity index (χ1n) is 4.35. The Balaban J connectivity index is 2.47. The highest BCUT2D eigenvalue weighted by Crippen LogP contribution is 2.31. The number of aromatic nitrogens is 2.